The van der Waals surface area contributed by atoms with E-state index in [1.807, 2.05) is 0 Å². The average Bonchev–Trinajstić information content (AvgIpc) is 2.95. The Morgan fingerprint density at radius 3 is 2.95 bits per heavy atom. The van der Waals surface area contributed by atoms with Crippen molar-refractivity contribution in [2.45, 2.75) is 10.8 Å². The average molecular weight is 359 g/mol. The molecular formula is C13H15ClN4O2S2. The molecule has 0 atom stereocenters. The molecule has 0 fully saturated rings. The zero-order valence-electron chi connectivity index (χ0n) is 12.1. The molecule has 1 aromatic carbocycles. The van der Waals surface area contributed by atoms with Gasteiger partial charge in [-0.1, -0.05) is 34.7 Å². The van der Waals surface area contributed by atoms with Gasteiger partial charge in [0.1, 0.15) is 5.75 Å². The molecule has 0 aliphatic carbocycles. The number of nitrogens with zero attached hydrogens (tertiary/aromatic N) is 2. The van der Waals surface area contributed by atoms with Crippen molar-refractivity contribution in [3.8, 4) is 5.75 Å². The van der Waals surface area contributed by atoms with Gasteiger partial charge in [-0.2, -0.15) is 0 Å². The maximum Gasteiger partial charge on any atom is 0.225 e. The van der Waals surface area contributed by atoms with E-state index in [-0.39, 0.29) is 5.91 Å². The van der Waals surface area contributed by atoms with Gasteiger partial charge in [0.2, 0.25) is 11.0 Å². The molecule has 0 saturated heterocycles. The van der Waals surface area contributed by atoms with E-state index in [1.165, 1.54) is 23.1 Å². The molecule has 0 aliphatic rings. The zero-order valence-corrected chi connectivity index (χ0v) is 14.4. The van der Waals surface area contributed by atoms with Crippen LogP contribution < -0.4 is 15.4 Å². The summed E-state index contributed by atoms with van der Waals surface area (Å²) in [5.74, 6) is 1.09. The van der Waals surface area contributed by atoms with E-state index < -0.39 is 0 Å². The number of ether oxygens (including phenoxy) is 1. The number of thioether (sulfide) groups is 1. The summed E-state index contributed by atoms with van der Waals surface area (Å²) in [6.07, 6.45) is 0.356. The number of aromatic nitrogens is 2. The zero-order chi connectivity index (χ0) is 15.9. The maximum absolute atomic E-state index is 12.0. The minimum atomic E-state index is -0.105. The molecule has 0 spiro atoms. The quantitative estimate of drug-likeness (QED) is 0.739. The molecule has 118 valence electrons. The molecular weight excluding hydrogens is 344 g/mol. The summed E-state index contributed by atoms with van der Waals surface area (Å²) in [6, 6.07) is 5.09. The predicted octanol–water partition coefficient (Wildman–Crippen LogP) is 3.36. The number of carbonyl (C=O) groups is 1. The first-order valence-electron chi connectivity index (χ1n) is 6.40. The van der Waals surface area contributed by atoms with Crippen LogP contribution in [0.2, 0.25) is 5.02 Å². The Morgan fingerprint density at radius 2 is 2.27 bits per heavy atom. The second kappa shape index (κ2) is 8.21. The van der Waals surface area contributed by atoms with E-state index in [1.54, 1.807) is 32.4 Å². The molecule has 2 rings (SSSR count). The molecule has 1 heterocycles. The Morgan fingerprint density at radius 1 is 1.45 bits per heavy atom. The molecule has 2 aromatic rings. The fourth-order valence-corrected chi connectivity index (χ4v) is 3.48. The predicted molar refractivity (Wildman–Crippen MR) is 91.4 cm³/mol. The number of carbonyl (C=O) groups excluding carboxylic acids is 1. The number of rotatable bonds is 7. The van der Waals surface area contributed by atoms with E-state index in [0.29, 0.717) is 28.6 Å². The van der Waals surface area contributed by atoms with Gasteiger partial charge in [0, 0.05) is 24.2 Å². The first kappa shape index (κ1) is 16.9. The number of halogens is 1. The largest absolute Gasteiger partial charge is 0.495 e. The monoisotopic (exact) mass is 358 g/mol. The normalized spacial score (nSPS) is 10.3. The van der Waals surface area contributed by atoms with Crippen LogP contribution in [0.3, 0.4) is 0 Å². The molecule has 1 aromatic heterocycles. The summed E-state index contributed by atoms with van der Waals surface area (Å²) in [5, 5.41) is 15.0. The topological polar surface area (TPSA) is 76.1 Å². The van der Waals surface area contributed by atoms with Gasteiger partial charge >= 0.3 is 0 Å². The standard InChI is InChI=1S/C13H15ClN4O2S2/c1-15-12-17-18-13(22-12)21-6-5-11(19)16-9-7-8(14)3-4-10(9)20-2/h3-4,7H,5-6H2,1-2H3,(H,15,17)(H,16,19). The van der Waals surface area contributed by atoms with Crippen molar-refractivity contribution < 1.29 is 9.53 Å². The number of nitrogens with one attached hydrogen (secondary N) is 2. The highest BCUT2D eigenvalue weighted by atomic mass is 35.5. The van der Waals surface area contributed by atoms with Crippen LogP contribution in [0.4, 0.5) is 10.8 Å². The number of hydrogen-bond acceptors (Lipinski definition) is 7. The minimum Gasteiger partial charge on any atom is -0.495 e. The van der Waals surface area contributed by atoms with Crippen molar-refractivity contribution in [3.63, 3.8) is 0 Å². The lowest BCUT2D eigenvalue weighted by atomic mass is 10.3. The van der Waals surface area contributed by atoms with E-state index in [9.17, 15) is 4.79 Å². The Hall–Kier alpha value is -1.51. The van der Waals surface area contributed by atoms with E-state index >= 15 is 0 Å². The van der Waals surface area contributed by atoms with E-state index in [2.05, 4.69) is 20.8 Å². The first-order chi connectivity index (χ1) is 10.6. The van der Waals surface area contributed by atoms with Gasteiger partial charge in [0.25, 0.3) is 0 Å². The maximum atomic E-state index is 12.0. The molecule has 0 aliphatic heterocycles. The molecule has 1 amide bonds. The van der Waals surface area contributed by atoms with Crippen molar-refractivity contribution in [2.75, 3.05) is 30.5 Å². The molecule has 0 radical (unpaired) electrons. The van der Waals surface area contributed by atoms with Crippen molar-refractivity contribution in [1.29, 1.82) is 0 Å². The molecule has 0 bridgehead atoms. The molecule has 22 heavy (non-hydrogen) atoms. The van der Waals surface area contributed by atoms with E-state index in [0.717, 1.165) is 9.47 Å². The minimum absolute atomic E-state index is 0.105. The highest BCUT2D eigenvalue weighted by Gasteiger charge is 2.09. The third-order valence-electron chi connectivity index (χ3n) is 2.61. The highest BCUT2D eigenvalue weighted by Crippen LogP contribution is 2.28. The fraction of sp³-hybridized carbons (Fsp3) is 0.308. The van der Waals surface area contributed by atoms with Gasteiger partial charge in [0.05, 0.1) is 12.8 Å². The summed E-state index contributed by atoms with van der Waals surface area (Å²) < 4.78 is 6.02. The lowest BCUT2D eigenvalue weighted by Crippen LogP contribution is -2.12. The Labute approximate surface area is 141 Å². The molecule has 0 unspecified atom stereocenters. The Bertz CT molecular complexity index is 651. The molecule has 9 heteroatoms. The first-order valence-corrected chi connectivity index (χ1v) is 8.58. The van der Waals surface area contributed by atoms with Crippen molar-refractivity contribution in [3.05, 3.63) is 23.2 Å². The van der Waals surface area contributed by atoms with Crippen molar-refractivity contribution in [2.24, 2.45) is 0 Å². The summed E-state index contributed by atoms with van der Waals surface area (Å²) >= 11 is 8.88. The summed E-state index contributed by atoms with van der Waals surface area (Å²) in [7, 11) is 3.34. The van der Waals surface area contributed by atoms with Crippen LogP contribution in [0.1, 0.15) is 6.42 Å². The van der Waals surface area contributed by atoms with Crippen LogP contribution in [-0.4, -0.2) is 36.0 Å². The smallest absolute Gasteiger partial charge is 0.225 e. The van der Waals surface area contributed by atoms with Crippen LogP contribution >= 0.6 is 34.7 Å². The molecule has 0 saturated carbocycles. The lowest BCUT2D eigenvalue weighted by Gasteiger charge is -2.10. The second-order valence-electron chi connectivity index (χ2n) is 4.11. The van der Waals surface area contributed by atoms with Crippen molar-refractivity contribution >= 4 is 51.4 Å². The third-order valence-corrected chi connectivity index (χ3v) is 4.92. The summed E-state index contributed by atoms with van der Waals surface area (Å²) in [6.45, 7) is 0. The van der Waals surface area contributed by atoms with Gasteiger partial charge in [-0.25, -0.2) is 0 Å². The Kier molecular flexibility index (Phi) is 6.29. The highest BCUT2D eigenvalue weighted by molar-refractivity contribution is 8.01. The van der Waals surface area contributed by atoms with Gasteiger partial charge in [-0.15, -0.1) is 10.2 Å². The Balaban J connectivity index is 1.84. The lowest BCUT2D eigenvalue weighted by molar-refractivity contribution is -0.115. The SMILES string of the molecule is CNc1nnc(SCCC(=O)Nc2cc(Cl)ccc2OC)s1. The van der Waals surface area contributed by atoms with Gasteiger partial charge in [-0.3, -0.25) is 4.79 Å². The summed E-state index contributed by atoms with van der Waals surface area (Å²) in [4.78, 5) is 12.0. The number of benzene rings is 1. The van der Waals surface area contributed by atoms with Crippen LogP contribution in [0.5, 0.6) is 5.75 Å². The van der Waals surface area contributed by atoms with Gasteiger partial charge in [-0.05, 0) is 18.2 Å². The van der Waals surface area contributed by atoms with Gasteiger partial charge < -0.3 is 15.4 Å². The third kappa shape index (κ3) is 4.75. The number of methoxy groups -OCH3 is 1. The van der Waals surface area contributed by atoms with E-state index in [4.69, 9.17) is 16.3 Å². The number of anilines is 2. The van der Waals surface area contributed by atoms with Crippen LogP contribution in [0.15, 0.2) is 22.5 Å². The fourth-order valence-electron chi connectivity index (χ4n) is 1.59. The van der Waals surface area contributed by atoms with Crippen molar-refractivity contribution in [1.82, 2.24) is 10.2 Å². The van der Waals surface area contributed by atoms with Crippen LogP contribution in [0, 0.1) is 0 Å². The number of hydrogen-bond donors (Lipinski definition) is 2. The van der Waals surface area contributed by atoms with Gasteiger partial charge in [0.15, 0.2) is 4.34 Å². The van der Waals surface area contributed by atoms with Crippen LogP contribution in [-0.2, 0) is 4.79 Å². The second-order valence-corrected chi connectivity index (χ2v) is 6.87. The molecule has 2 N–H and O–H groups in total. The molecule has 6 nitrogen and oxygen atoms in total. The number of amides is 1. The summed E-state index contributed by atoms with van der Waals surface area (Å²) in [5.41, 5.74) is 0.568. The van der Waals surface area contributed by atoms with Crippen LogP contribution in [0.25, 0.3) is 0 Å².